The second-order valence-electron chi connectivity index (χ2n) is 7.67. The monoisotopic (exact) mass is 437 g/mol. The van der Waals surface area contributed by atoms with Crippen LogP contribution in [0.2, 0.25) is 0 Å². The first-order chi connectivity index (χ1) is 15.0. The van der Waals surface area contributed by atoms with Gasteiger partial charge in [0.1, 0.15) is 5.03 Å². The SMILES string of the molecule is CCc1nc(-c2cccnc2SCC(=O)N2CCN(c3cc(C)ccc3C)CC2)no1. The zero-order valence-corrected chi connectivity index (χ0v) is 19.0. The van der Waals surface area contributed by atoms with E-state index >= 15 is 0 Å². The standard InChI is InChI=1S/C23H27N5O2S/c1-4-20-25-22(26-30-20)18-6-5-9-24-23(18)31-15-21(29)28-12-10-27(11-13-28)19-14-16(2)7-8-17(19)3/h5-9,14H,4,10-13,15H2,1-3H3. The van der Waals surface area contributed by atoms with Crippen LogP contribution in [-0.4, -0.2) is 57.9 Å². The summed E-state index contributed by atoms with van der Waals surface area (Å²) in [5.74, 6) is 1.57. The van der Waals surface area contributed by atoms with Crippen molar-refractivity contribution in [1.82, 2.24) is 20.0 Å². The van der Waals surface area contributed by atoms with E-state index in [2.05, 4.69) is 52.1 Å². The molecule has 1 fully saturated rings. The number of aryl methyl sites for hydroxylation is 3. The summed E-state index contributed by atoms with van der Waals surface area (Å²) in [7, 11) is 0. The van der Waals surface area contributed by atoms with Gasteiger partial charge < -0.3 is 14.3 Å². The molecule has 7 nitrogen and oxygen atoms in total. The molecule has 3 heterocycles. The molecule has 1 aliphatic heterocycles. The van der Waals surface area contributed by atoms with E-state index < -0.39 is 0 Å². The van der Waals surface area contributed by atoms with Gasteiger partial charge in [0.25, 0.3) is 0 Å². The molecule has 2 aromatic heterocycles. The number of piperazine rings is 1. The molecule has 162 valence electrons. The van der Waals surface area contributed by atoms with E-state index in [9.17, 15) is 4.79 Å². The predicted molar refractivity (Wildman–Crippen MR) is 122 cm³/mol. The van der Waals surface area contributed by atoms with Crippen LogP contribution in [0.15, 0.2) is 46.1 Å². The Morgan fingerprint density at radius 1 is 1.16 bits per heavy atom. The molecule has 0 atom stereocenters. The zero-order chi connectivity index (χ0) is 21.8. The Morgan fingerprint density at radius 2 is 1.97 bits per heavy atom. The molecule has 0 aliphatic carbocycles. The Bertz CT molecular complexity index is 1060. The first-order valence-electron chi connectivity index (χ1n) is 10.6. The highest BCUT2D eigenvalue weighted by Gasteiger charge is 2.23. The Balaban J connectivity index is 1.36. The molecule has 8 heteroatoms. The van der Waals surface area contributed by atoms with Crippen molar-refractivity contribution in [3.63, 3.8) is 0 Å². The van der Waals surface area contributed by atoms with Gasteiger partial charge in [-0.2, -0.15) is 4.98 Å². The molecule has 31 heavy (non-hydrogen) atoms. The molecule has 0 radical (unpaired) electrons. The van der Waals surface area contributed by atoms with Crippen LogP contribution < -0.4 is 4.90 Å². The van der Waals surface area contributed by atoms with Gasteiger partial charge in [-0.1, -0.05) is 36.0 Å². The maximum Gasteiger partial charge on any atom is 0.233 e. The second kappa shape index (κ2) is 9.51. The summed E-state index contributed by atoms with van der Waals surface area (Å²) in [6, 6.07) is 10.3. The van der Waals surface area contributed by atoms with Crippen LogP contribution in [0.4, 0.5) is 5.69 Å². The fourth-order valence-electron chi connectivity index (χ4n) is 3.66. The molecule has 0 saturated carbocycles. The van der Waals surface area contributed by atoms with Crippen molar-refractivity contribution < 1.29 is 9.32 Å². The molecule has 4 rings (SSSR count). The van der Waals surface area contributed by atoms with Gasteiger partial charge in [-0.15, -0.1) is 0 Å². The summed E-state index contributed by atoms with van der Waals surface area (Å²) in [6.45, 7) is 9.37. The molecule has 1 aromatic carbocycles. The Labute approximate surface area is 186 Å². The smallest absolute Gasteiger partial charge is 0.233 e. The summed E-state index contributed by atoms with van der Waals surface area (Å²) in [5, 5.41) is 4.79. The number of benzene rings is 1. The molecular formula is C23H27N5O2S. The molecule has 0 N–H and O–H groups in total. The van der Waals surface area contributed by atoms with Crippen molar-refractivity contribution in [2.45, 2.75) is 32.2 Å². The van der Waals surface area contributed by atoms with Gasteiger partial charge >= 0.3 is 0 Å². The highest BCUT2D eigenvalue weighted by molar-refractivity contribution is 8.00. The molecule has 0 spiro atoms. The number of hydrogen-bond acceptors (Lipinski definition) is 7. The number of rotatable bonds is 6. The van der Waals surface area contributed by atoms with Crippen molar-refractivity contribution in [2.24, 2.45) is 0 Å². The zero-order valence-electron chi connectivity index (χ0n) is 18.2. The van der Waals surface area contributed by atoms with E-state index in [1.165, 1.54) is 28.6 Å². The van der Waals surface area contributed by atoms with Crippen LogP contribution in [0.1, 0.15) is 23.9 Å². The van der Waals surface area contributed by atoms with Crippen molar-refractivity contribution in [1.29, 1.82) is 0 Å². The molecule has 1 amide bonds. The Hall–Kier alpha value is -2.87. The number of hydrogen-bond donors (Lipinski definition) is 0. The van der Waals surface area contributed by atoms with Gasteiger partial charge in [-0.05, 0) is 43.2 Å². The number of amides is 1. The Morgan fingerprint density at radius 3 is 2.71 bits per heavy atom. The van der Waals surface area contributed by atoms with Crippen LogP contribution >= 0.6 is 11.8 Å². The third-order valence-electron chi connectivity index (χ3n) is 5.45. The maximum absolute atomic E-state index is 12.8. The topological polar surface area (TPSA) is 75.4 Å². The van der Waals surface area contributed by atoms with Crippen molar-refractivity contribution >= 4 is 23.4 Å². The van der Waals surface area contributed by atoms with Crippen LogP contribution in [0.25, 0.3) is 11.4 Å². The van der Waals surface area contributed by atoms with Gasteiger partial charge in [0.05, 0.1) is 11.3 Å². The summed E-state index contributed by atoms with van der Waals surface area (Å²) < 4.78 is 5.23. The highest BCUT2D eigenvalue weighted by Crippen LogP contribution is 2.28. The molecule has 0 bridgehead atoms. The lowest BCUT2D eigenvalue weighted by atomic mass is 10.1. The molecule has 1 saturated heterocycles. The largest absolute Gasteiger partial charge is 0.368 e. The number of aromatic nitrogens is 3. The van der Waals surface area contributed by atoms with Gasteiger partial charge in [0, 0.05) is 44.5 Å². The lowest BCUT2D eigenvalue weighted by molar-refractivity contribution is -0.128. The first kappa shape index (κ1) is 21.4. The number of carbonyl (C=O) groups is 1. The minimum atomic E-state index is 0.129. The van der Waals surface area contributed by atoms with Gasteiger partial charge in [0.15, 0.2) is 0 Å². The van der Waals surface area contributed by atoms with Crippen molar-refractivity contribution in [3.05, 3.63) is 53.5 Å². The quantitative estimate of drug-likeness (QED) is 0.544. The highest BCUT2D eigenvalue weighted by atomic mass is 32.2. The van der Waals surface area contributed by atoms with Gasteiger partial charge in [0.2, 0.25) is 17.6 Å². The normalized spacial score (nSPS) is 14.2. The number of anilines is 1. The fourth-order valence-corrected chi connectivity index (χ4v) is 4.56. The summed E-state index contributed by atoms with van der Waals surface area (Å²) in [6.07, 6.45) is 2.41. The van der Waals surface area contributed by atoms with Crippen molar-refractivity contribution in [3.8, 4) is 11.4 Å². The van der Waals surface area contributed by atoms with Crippen molar-refractivity contribution in [2.75, 3.05) is 36.8 Å². The Kier molecular flexibility index (Phi) is 6.56. The predicted octanol–water partition coefficient (Wildman–Crippen LogP) is 3.75. The minimum Gasteiger partial charge on any atom is -0.368 e. The van der Waals surface area contributed by atoms with Crippen LogP contribution in [-0.2, 0) is 11.2 Å². The third kappa shape index (κ3) is 4.90. The lowest BCUT2D eigenvalue weighted by Gasteiger charge is -2.37. The number of pyridine rings is 1. The summed E-state index contributed by atoms with van der Waals surface area (Å²) in [5.41, 5.74) is 4.60. The lowest BCUT2D eigenvalue weighted by Crippen LogP contribution is -2.49. The van der Waals surface area contributed by atoms with E-state index in [1.807, 2.05) is 24.0 Å². The summed E-state index contributed by atoms with van der Waals surface area (Å²) >= 11 is 1.42. The second-order valence-corrected chi connectivity index (χ2v) is 8.63. The van der Waals surface area contributed by atoms with E-state index in [-0.39, 0.29) is 5.91 Å². The van der Waals surface area contributed by atoms with E-state index in [4.69, 9.17) is 4.52 Å². The number of nitrogens with zero attached hydrogens (tertiary/aromatic N) is 5. The van der Waals surface area contributed by atoms with Crippen LogP contribution in [0.5, 0.6) is 0 Å². The number of carbonyl (C=O) groups excluding carboxylic acids is 1. The average Bonchev–Trinajstić information content (AvgIpc) is 3.28. The molecule has 0 unspecified atom stereocenters. The molecular weight excluding hydrogens is 410 g/mol. The minimum absolute atomic E-state index is 0.129. The average molecular weight is 438 g/mol. The maximum atomic E-state index is 12.8. The van der Waals surface area contributed by atoms with E-state index in [0.29, 0.717) is 23.9 Å². The fraction of sp³-hybridized carbons (Fsp3) is 0.391. The van der Waals surface area contributed by atoms with Crippen LogP contribution in [0.3, 0.4) is 0 Å². The van der Waals surface area contributed by atoms with Crippen LogP contribution in [0, 0.1) is 13.8 Å². The summed E-state index contributed by atoms with van der Waals surface area (Å²) in [4.78, 5) is 26.0. The van der Waals surface area contributed by atoms with E-state index in [1.54, 1.807) is 6.20 Å². The number of thioether (sulfide) groups is 1. The first-order valence-corrected chi connectivity index (χ1v) is 11.5. The van der Waals surface area contributed by atoms with Gasteiger partial charge in [-0.3, -0.25) is 4.79 Å². The van der Waals surface area contributed by atoms with Gasteiger partial charge in [-0.25, -0.2) is 4.98 Å². The molecule has 1 aliphatic rings. The van der Waals surface area contributed by atoms with E-state index in [0.717, 1.165) is 36.8 Å². The third-order valence-corrected chi connectivity index (χ3v) is 6.44. The molecule has 3 aromatic rings.